The molecule has 1 saturated carbocycles. The first kappa shape index (κ1) is 21.0. The van der Waals surface area contributed by atoms with Crippen LogP contribution in [0.25, 0.3) is 0 Å². The summed E-state index contributed by atoms with van der Waals surface area (Å²) in [4.78, 5) is -0.219. The fourth-order valence-electron chi connectivity index (χ4n) is 4.55. The highest BCUT2D eigenvalue weighted by Gasteiger charge is 2.46. The van der Waals surface area contributed by atoms with E-state index in [1.165, 1.54) is 20.7 Å². The maximum Gasteiger partial charge on any atom is 0.244 e. The molecule has 10 heteroatoms. The molecule has 2 saturated heterocycles. The summed E-state index contributed by atoms with van der Waals surface area (Å²) in [5, 5.41) is 0. The molecule has 0 spiro atoms. The summed E-state index contributed by atoms with van der Waals surface area (Å²) in [5.41, 5.74) is 6.12. The van der Waals surface area contributed by atoms with Crippen LogP contribution in [0.5, 0.6) is 0 Å². The van der Waals surface area contributed by atoms with Crippen LogP contribution >= 0.6 is 12.4 Å². The van der Waals surface area contributed by atoms with Gasteiger partial charge in [0.05, 0.1) is 0 Å². The lowest BCUT2D eigenvalue weighted by Crippen LogP contribution is -2.35. The van der Waals surface area contributed by atoms with Crippen LogP contribution in [0.2, 0.25) is 0 Å². The van der Waals surface area contributed by atoms with Gasteiger partial charge in [-0.2, -0.15) is 8.61 Å². The van der Waals surface area contributed by atoms with Gasteiger partial charge in [0, 0.05) is 32.2 Å². The lowest BCUT2D eigenvalue weighted by Gasteiger charge is -2.22. The minimum absolute atomic E-state index is 0. The number of benzene rings is 1. The Morgan fingerprint density at radius 1 is 0.852 bits per heavy atom. The summed E-state index contributed by atoms with van der Waals surface area (Å²) >= 11 is 0. The second-order valence-electron chi connectivity index (χ2n) is 7.55. The summed E-state index contributed by atoms with van der Waals surface area (Å²) in [7, 11) is -7.68. The summed E-state index contributed by atoms with van der Waals surface area (Å²) < 4.78 is 55.3. The molecular weight excluding hydrogens is 410 g/mol. The van der Waals surface area contributed by atoms with E-state index in [1.807, 2.05) is 0 Å². The van der Waals surface area contributed by atoms with Crippen molar-refractivity contribution in [2.75, 3.05) is 26.2 Å². The van der Waals surface area contributed by atoms with Crippen molar-refractivity contribution >= 4 is 32.5 Å². The minimum Gasteiger partial charge on any atom is -0.327 e. The lowest BCUT2D eigenvalue weighted by molar-refractivity contribution is 0.425. The van der Waals surface area contributed by atoms with E-state index in [4.69, 9.17) is 5.73 Å². The zero-order valence-corrected chi connectivity index (χ0v) is 17.5. The third-order valence-corrected chi connectivity index (χ3v) is 10.0. The van der Waals surface area contributed by atoms with Crippen molar-refractivity contribution in [1.29, 1.82) is 0 Å². The Labute approximate surface area is 167 Å². The number of sulfonamides is 2. The summed E-state index contributed by atoms with van der Waals surface area (Å²) in [5.74, 6) is 0.453. The van der Waals surface area contributed by atoms with Crippen molar-refractivity contribution in [2.45, 2.75) is 41.5 Å². The third kappa shape index (κ3) is 3.54. The average Bonchev–Trinajstić information content (AvgIpc) is 3.34. The fourth-order valence-corrected chi connectivity index (χ4v) is 8.37. The van der Waals surface area contributed by atoms with Crippen LogP contribution in [-0.2, 0) is 20.0 Å². The summed E-state index contributed by atoms with van der Waals surface area (Å²) in [6.45, 7) is 1.70. The molecule has 1 aromatic carbocycles. The second kappa shape index (κ2) is 7.61. The SMILES string of the molecule is Cl.NC1CCC2CN(S(=O)(=O)c3ccccc3S(=O)(=O)N3CCCC3)CC12. The van der Waals surface area contributed by atoms with Crippen molar-refractivity contribution in [2.24, 2.45) is 17.6 Å². The van der Waals surface area contributed by atoms with E-state index in [0.29, 0.717) is 26.2 Å². The van der Waals surface area contributed by atoms with E-state index in [9.17, 15) is 16.8 Å². The Kier molecular flexibility index (Phi) is 5.92. The molecule has 0 aromatic heterocycles. The largest absolute Gasteiger partial charge is 0.327 e. The number of hydrogen-bond acceptors (Lipinski definition) is 5. The van der Waals surface area contributed by atoms with Crippen LogP contribution in [0.3, 0.4) is 0 Å². The van der Waals surface area contributed by atoms with Crippen LogP contribution in [0.4, 0.5) is 0 Å². The van der Waals surface area contributed by atoms with Crippen molar-refractivity contribution in [3.05, 3.63) is 24.3 Å². The predicted octanol–water partition coefficient (Wildman–Crippen LogP) is 1.25. The molecule has 0 radical (unpaired) electrons. The number of hydrogen-bond donors (Lipinski definition) is 1. The van der Waals surface area contributed by atoms with Gasteiger partial charge in [0.15, 0.2) is 0 Å². The fraction of sp³-hybridized carbons (Fsp3) is 0.647. The first-order valence-electron chi connectivity index (χ1n) is 9.17. The van der Waals surface area contributed by atoms with Crippen molar-refractivity contribution in [3.8, 4) is 0 Å². The molecule has 3 unspecified atom stereocenters. The van der Waals surface area contributed by atoms with Crippen LogP contribution in [0, 0.1) is 11.8 Å². The molecule has 2 aliphatic heterocycles. The lowest BCUT2D eigenvalue weighted by atomic mass is 9.98. The number of nitrogens with two attached hydrogens (primary N) is 1. The molecule has 1 aliphatic carbocycles. The Morgan fingerprint density at radius 2 is 1.41 bits per heavy atom. The zero-order chi connectivity index (χ0) is 18.5. The molecule has 3 atom stereocenters. The van der Waals surface area contributed by atoms with Gasteiger partial charge in [-0.25, -0.2) is 16.8 Å². The highest BCUT2D eigenvalue weighted by molar-refractivity contribution is 7.92. The van der Waals surface area contributed by atoms with Gasteiger partial charge in [0.25, 0.3) is 0 Å². The molecule has 0 bridgehead atoms. The van der Waals surface area contributed by atoms with Gasteiger partial charge in [-0.05, 0) is 49.7 Å². The molecule has 3 fully saturated rings. The van der Waals surface area contributed by atoms with Crippen molar-refractivity contribution in [3.63, 3.8) is 0 Å². The summed E-state index contributed by atoms with van der Waals surface area (Å²) in [6.07, 6.45) is 3.48. The number of rotatable bonds is 4. The maximum atomic E-state index is 13.3. The van der Waals surface area contributed by atoms with E-state index in [2.05, 4.69) is 0 Å². The van der Waals surface area contributed by atoms with Crippen molar-refractivity contribution in [1.82, 2.24) is 8.61 Å². The summed E-state index contributed by atoms with van der Waals surface area (Å²) in [6, 6.07) is 6.01. The smallest absolute Gasteiger partial charge is 0.244 e. The molecule has 2 heterocycles. The quantitative estimate of drug-likeness (QED) is 0.766. The van der Waals surface area contributed by atoms with E-state index < -0.39 is 20.0 Å². The molecule has 4 rings (SSSR count). The number of nitrogens with zero attached hydrogens (tertiary/aromatic N) is 2. The van der Waals surface area contributed by atoms with Crippen LogP contribution in [0.15, 0.2) is 34.1 Å². The molecule has 7 nitrogen and oxygen atoms in total. The number of halogens is 1. The van der Waals surface area contributed by atoms with Gasteiger partial charge in [0.1, 0.15) is 9.79 Å². The zero-order valence-electron chi connectivity index (χ0n) is 15.0. The molecule has 2 N–H and O–H groups in total. The van der Waals surface area contributed by atoms with E-state index in [-0.39, 0.29) is 40.1 Å². The number of fused-ring (bicyclic) bond motifs is 1. The normalized spacial score (nSPS) is 29.6. The minimum atomic E-state index is -3.88. The molecule has 27 heavy (non-hydrogen) atoms. The van der Waals surface area contributed by atoms with Gasteiger partial charge in [-0.15, -0.1) is 12.4 Å². The van der Waals surface area contributed by atoms with Gasteiger partial charge in [0.2, 0.25) is 20.0 Å². The first-order valence-corrected chi connectivity index (χ1v) is 12.0. The molecule has 152 valence electrons. The van der Waals surface area contributed by atoms with Gasteiger partial charge in [-0.1, -0.05) is 12.1 Å². The van der Waals surface area contributed by atoms with Gasteiger partial charge >= 0.3 is 0 Å². The van der Waals surface area contributed by atoms with Crippen LogP contribution < -0.4 is 5.73 Å². The molecule has 0 amide bonds. The van der Waals surface area contributed by atoms with E-state index >= 15 is 0 Å². The highest BCUT2D eigenvalue weighted by atomic mass is 35.5. The molecule has 1 aromatic rings. The third-order valence-electron chi connectivity index (χ3n) is 6.03. The Hall–Kier alpha value is -0.710. The second-order valence-corrected chi connectivity index (χ2v) is 11.4. The van der Waals surface area contributed by atoms with Gasteiger partial charge in [-0.3, -0.25) is 0 Å². The van der Waals surface area contributed by atoms with Crippen LogP contribution in [-0.4, -0.2) is 57.7 Å². The van der Waals surface area contributed by atoms with E-state index in [1.54, 1.807) is 12.1 Å². The molecular formula is C17H26ClN3O4S2. The van der Waals surface area contributed by atoms with Crippen molar-refractivity contribution < 1.29 is 16.8 Å². The highest BCUT2D eigenvalue weighted by Crippen LogP contribution is 2.40. The van der Waals surface area contributed by atoms with E-state index in [0.717, 1.165) is 25.7 Å². The maximum absolute atomic E-state index is 13.3. The monoisotopic (exact) mass is 435 g/mol. The molecule has 3 aliphatic rings. The standard InChI is InChI=1S/C17H25N3O4S2.ClH/c18-15-8-7-13-11-20(12-14(13)15)26(23,24)17-6-2-1-5-16(17)25(21,22)19-9-3-4-10-19;/h1-2,5-6,13-15H,3-4,7-12,18H2;1H. The Balaban J connectivity index is 0.00000210. The van der Waals surface area contributed by atoms with Crippen LogP contribution in [0.1, 0.15) is 25.7 Å². The Bertz CT molecular complexity index is 901. The predicted molar refractivity (Wildman–Crippen MR) is 105 cm³/mol. The topological polar surface area (TPSA) is 101 Å². The average molecular weight is 436 g/mol. The Morgan fingerprint density at radius 3 is 1.96 bits per heavy atom. The van der Waals surface area contributed by atoms with Gasteiger partial charge < -0.3 is 5.73 Å². The first-order chi connectivity index (χ1) is 12.3.